The zero-order valence-corrected chi connectivity index (χ0v) is 18.0. The lowest BCUT2D eigenvalue weighted by Gasteiger charge is -2.35. The SMILES string of the molecule is COc1ccc(C(CNC(=O)/C=C/c2ccc(Cl)cc2Cl)N2CCCCC2)cc1. The third-order valence-corrected chi connectivity index (χ3v) is 5.74. The molecule has 1 heterocycles. The number of carbonyl (C=O) groups is 1. The summed E-state index contributed by atoms with van der Waals surface area (Å²) in [5, 5.41) is 4.13. The van der Waals surface area contributed by atoms with Crippen LogP contribution in [0.2, 0.25) is 10.0 Å². The van der Waals surface area contributed by atoms with E-state index < -0.39 is 0 Å². The maximum Gasteiger partial charge on any atom is 0.244 e. The minimum atomic E-state index is -0.147. The lowest BCUT2D eigenvalue weighted by Crippen LogP contribution is -2.40. The molecule has 1 saturated heterocycles. The second-order valence-corrected chi connectivity index (χ2v) is 7.97. The van der Waals surface area contributed by atoms with Crippen molar-refractivity contribution in [3.63, 3.8) is 0 Å². The highest BCUT2D eigenvalue weighted by Gasteiger charge is 2.22. The Balaban J connectivity index is 1.66. The number of piperidine rings is 1. The Labute approximate surface area is 182 Å². The van der Waals surface area contributed by atoms with Crippen LogP contribution in [0.1, 0.15) is 36.4 Å². The first-order valence-electron chi connectivity index (χ1n) is 9.86. The zero-order chi connectivity index (χ0) is 20.6. The van der Waals surface area contributed by atoms with Gasteiger partial charge in [-0.25, -0.2) is 0 Å². The molecule has 2 aromatic carbocycles. The molecule has 0 saturated carbocycles. The summed E-state index contributed by atoms with van der Waals surface area (Å²) in [5.74, 6) is 0.685. The lowest BCUT2D eigenvalue weighted by molar-refractivity contribution is -0.116. The molecule has 2 aromatic rings. The summed E-state index contributed by atoms with van der Waals surface area (Å²) in [6, 6.07) is 13.4. The van der Waals surface area contributed by atoms with Gasteiger partial charge in [-0.05, 0) is 67.4 Å². The minimum absolute atomic E-state index is 0.137. The predicted molar refractivity (Wildman–Crippen MR) is 120 cm³/mol. The second-order valence-electron chi connectivity index (χ2n) is 7.13. The van der Waals surface area contributed by atoms with Crippen LogP contribution < -0.4 is 10.1 Å². The number of hydrogen-bond acceptors (Lipinski definition) is 3. The number of nitrogens with one attached hydrogen (secondary N) is 1. The van der Waals surface area contributed by atoms with Gasteiger partial charge in [-0.15, -0.1) is 0 Å². The number of rotatable bonds is 7. The average molecular weight is 433 g/mol. The van der Waals surface area contributed by atoms with Gasteiger partial charge in [-0.2, -0.15) is 0 Å². The number of nitrogens with zero attached hydrogens (tertiary/aromatic N) is 1. The molecule has 1 N–H and O–H groups in total. The molecule has 1 aliphatic heterocycles. The van der Waals surface area contributed by atoms with Gasteiger partial charge in [0.1, 0.15) is 5.75 Å². The van der Waals surface area contributed by atoms with Crippen molar-refractivity contribution in [1.29, 1.82) is 0 Å². The number of benzene rings is 2. The van der Waals surface area contributed by atoms with Gasteiger partial charge in [0, 0.05) is 22.7 Å². The van der Waals surface area contributed by atoms with Crippen molar-refractivity contribution in [3.8, 4) is 5.75 Å². The standard InChI is InChI=1S/C23H26Cl2N2O2/c1-29-20-10-6-18(7-11-20)22(27-13-3-2-4-14-27)16-26-23(28)12-8-17-5-9-19(24)15-21(17)25/h5-12,15,22H,2-4,13-14,16H2,1H3,(H,26,28)/b12-8+. The third kappa shape index (κ3) is 6.23. The first-order chi connectivity index (χ1) is 14.1. The zero-order valence-electron chi connectivity index (χ0n) is 16.5. The summed E-state index contributed by atoms with van der Waals surface area (Å²) in [6.45, 7) is 2.63. The van der Waals surface area contributed by atoms with E-state index in [2.05, 4.69) is 22.3 Å². The number of hydrogen-bond donors (Lipinski definition) is 1. The Bertz CT molecular complexity index is 846. The average Bonchev–Trinajstić information content (AvgIpc) is 2.74. The van der Waals surface area contributed by atoms with Gasteiger partial charge in [0.05, 0.1) is 13.2 Å². The number of ether oxygens (including phenoxy) is 1. The Morgan fingerprint density at radius 2 is 1.86 bits per heavy atom. The van der Waals surface area contributed by atoms with Crippen LogP contribution >= 0.6 is 23.2 Å². The van der Waals surface area contributed by atoms with Gasteiger partial charge < -0.3 is 10.1 Å². The largest absolute Gasteiger partial charge is 0.497 e. The minimum Gasteiger partial charge on any atom is -0.497 e. The highest BCUT2D eigenvalue weighted by atomic mass is 35.5. The van der Waals surface area contributed by atoms with Crippen LogP contribution in [0.25, 0.3) is 6.08 Å². The fourth-order valence-electron chi connectivity index (χ4n) is 3.57. The second kappa shape index (κ2) is 10.7. The number of halogens is 2. The first kappa shape index (κ1) is 21.7. The van der Waals surface area contributed by atoms with E-state index in [0.717, 1.165) is 24.4 Å². The Morgan fingerprint density at radius 1 is 1.14 bits per heavy atom. The van der Waals surface area contributed by atoms with Crippen molar-refractivity contribution < 1.29 is 9.53 Å². The molecule has 3 rings (SSSR count). The normalized spacial score (nSPS) is 16.0. The highest BCUT2D eigenvalue weighted by Crippen LogP contribution is 2.26. The summed E-state index contributed by atoms with van der Waals surface area (Å²) in [5.41, 5.74) is 1.94. The topological polar surface area (TPSA) is 41.6 Å². The predicted octanol–water partition coefficient (Wildman–Crippen LogP) is 5.36. The maximum absolute atomic E-state index is 12.4. The Hall–Kier alpha value is -2.01. The van der Waals surface area contributed by atoms with E-state index in [-0.39, 0.29) is 11.9 Å². The molecule has 6 heteroatoms. The molecule has 0 radical (unpaired) electrons. The Kier molecular flexibility index (Phi) is 7.99. The van der Waals surface area contributed by atoms with Crippen molar-refractivity contribution in [3.05, 3.63) is 69.7 Å². The molecule has 0 aromatic heterocycles. The molecular formula is C23H26Cl2N2O2. The molecule has 154 valence electrons. The van der Waals surface area contributed by atoms with Crippen LogP contribution in [-0.4, -0.2) is 37.6 Å². The van der Waals surface area contributed by atoms with Gasteiger partial charge in [0.2, 0.25) is 5.91 Å². The van der Waals surface area contributed by atoms with Crippen LogP contribution in [0.15, 0.2) is 48.5 Å². The molecule has 1 amide bonds. The van der Waals surface area contributed by atoms with E-state index in [4.69, 9.17) is 27.9 Å². The molecule has 0 bridgehead atoms. The fraction of sp³-hybridized carbons (Fsp3) is 0.348. The van der Waals surface area contributed by atoms with Gasteiger partial charge in [0.15, 0.2) is 0 Å². The monoisotopic (exact) mass is 432 g/mol. The molecule has 1 aliphatic rings. The number of carbonyl (C=O) groups excluding carboxylic acids is 1. The van der Waals surface area contributed by atoms with Crippen LogP contribution in [0.5, 0.6) is 5.75 Å². The third-order valence-electron chi connectivity index (χ3n) is 5.18. The molecule has 29 heavy (non-hydrogen) atoms. The van der Waals surface area contributed by atoms with Gasteiger partial charge in [-0.3, -0.25) is 9.69 Å². The van der Waals surface area contributed by atoms with Crippen molar-refractivity contribution in [1.82, 2.24) is 10.2 Å². The van der Waals surface area contributed by atoms with Crippen molar-refractivity contribution in [2.75, 3.05) is 26.7 Å². The summed E-state index contributed by atoms with van der Waals surface area (Å²) in [7, 11) is 1.66. The molecule has 0 spiro atoms. The summed E-state index contributed by atoms with van der Waals surface area (Å²) >= 11 is 12.1. The molecule has 1 atom stereocenters. The number of likely N-dealkylation sites (tertiary alicyclic amines) is 1. The first-order valence-corrected chi connectivity index (χ1v) is 10.6. The highest BCUT2D eigenvalue weighted by molar-refractivity contribution is 6.35. The van der Waals surface area contributed by atoms with Crippen LogP contribution in [0.4, 0.5) is 0 Å². The van der Waals surface area contributed by atoms with Crippen molar-refractivity contribution in [2.24, 2.45) is 0 Å². The van der Waals surface area contributed by atoms with Gasteiger partial charge in [-0.1, -0.05) is 47.8 Å². The fourth-order valence-corrected chi connectivity index (χ4v) is 4.04. The van der Waals surface area contributed by atoms with Gasteiger partial charge in [0.25, 0.3) is 0 Å². The molecular weight excluding hydrogens is 407 g/mol. The molecule has 4 nitrogen and oxygen atoms in total. The molecule has 0 aliphatic carbocycles. The lowest BCUT2D eigenvalue weighted by atomic mass is 10.0. The summed E-state index contributed by atoms with van der Waals surface area (Å²) in [6.07, 6.45) is 6.86. The van der Waals surface area contributed by atoms with E-state index in [1.165, 1.54) is 30.9 Å². The smallest absolute Gasteiger partial charge is 0.244 e. The van der Waals surface area contributed by atoms with Crippen LogP contribution in [-0.2, 0) is 4.79 Å². The quantitative estimate of drug-likeness (QED) is 0.598. The van der Waals surface area contributed by atoms with Crippen molar-refractivity contribution in [2.45, 2.75) is 25.3 Å². The maximum atomic E-state index is 12.4. The van der Waals surface area contributed by atoms with E-state index in [0.29, 0.717) is 16.6 Å². The number of amides is 1. The van der Waals surface area contributed by atoms with Crippen molar-refractivity contribution >= 4 is 35.2 Å². The summed E-state index contributed by atoms with van der Waals surface area (Å²) < 4.78 is 5.27. The molecule has 1 unspecified atom stereocenters. The van der Waals surface area contributed by atoms with E-state index in [1.807, 2.05) is 12.1 Å². The van der Waals surface area contributed by atoms with Crippen LogP contribution in [0, 0.1) is 0 Å². The molecule has 1 fully saturated rings. The van der Waals surface area contributed by atoms with E-state index in [1.54, 1.807) is 31.4 Å². The van der Waals surface area contributed by atoms with E-state index >= 15 is 0 Å². The number of methoxy groups -OCH3 is 1. The summed E-state index contributed by atoms with van der Waals surface area (Å²) in [4.78, 5) is 14.9. The van der Waals surface area contributed by atoms with Crippen LogP contribution in [0.3, 0.4) is 0 Å². The Morgan fingerprint density at radius 3 is 2.52 bits per heavy atom. The van der Waals surface area contributed by atoms with E-state index in [9.17, 15) is 4.79 Å². The van der Waals surface area contributed by atoms with Gasteiger partial charge >= 0.3 is 0 Å².